The molecule has 2 aliphatic rings. The zero-order valence-corrected chi connectivity index (χ0v) is 21.9. The lowest BCUT2D eigenvalue weighted by Gasteiger charge is -2.30. The number of nitrogens with zero attached hydrogens (tertiary/aromatic N) is 3. The van der Waals surface area contributed by atoms with Crippen molar-refractivity contribution in [2.24, 2.45) is 5.92 Å². The average molecular weight is 534 g/mol. The van der Waals surface area contributed by atoms with E-state index in [1.165, 1.54) is 23.5 Å². The molecule has 10 heteroatoms. The van der Waals surface area contributed by atoms with Crippen molar-refractivity contribution in [3.63, 3.8) is 0 Å². The van der Waals surface area contributed by atoms with Crippen molar-refractivity contribution in [2.75, 3.05) is 31.1 Å². The number of carbonyl (C=O) groups excluding carboxylic acids is 1. The third-order valence-electron chi connectivity index (χ3n) is 6.60. The SMILES string of the molecule is CC1CCCN(S(=O)(=O)c2ccc(C(=O)N(CC3CCCO3)c3nc4c(Cl)cccc4s3)cc2)C1. The highest BCUT2D eigenvalue weighted by atomic mass is 35.5. The molecule has 0 saturated carbocycles. The molecule has 1 amide bonds. The summed E-state index contributed by atoms with van der Waals surface area (Å²) in [6.45, 7) is 4.18. The van der Waals surface area contributed by atoms with E-state index < -0.39 is 10.0 Å². The summed E-state index contributed by atoms with van der Waals surface area (Å²) in [4.78, 5) is 20.1. The van der Waals surface area contributed by atoms with Crippen LogP contribution < -0.4 is 4.90 Å². The van der Waals surface area contributed by atoms with Gasteiger partial charge in [0.1, 0.15) is 5.52 Å². The van der Waals surface area contributed by atoms with Crippen molar-refractivity contribution < 1.29 is 17.9 Å². The number of ether oxygens (including phenoxy) is 1. The summed E-state index contributed by atoms with van der Waals surface area (Å²) < 4.78 is 34.5. The highest BCUT2D eigenvalue weighted by molar-refractivity contribution is 7.89. The van der Waals surface area contributed by atoms with E-state index >= 15 is 0 Å². The molecule has 2 atom stereocenters. The number of anilines is 1. The molecule has 2 unspecified atom stereocenters. The van der Waals surface area contributed by atoms with Crippen LogP contribution in [0.4, 0.5) is 5.13 Å². The van der Waals surface area contributed by atoms with E-state index in [-0.39, 0.29) is 16.9 Å². The fraction of sp³-hybridized carbons (Fsp3) is 0.440. The van der Waals surface area contributed by atoms with Gasteiger partial charge in [-0.15, -0.1) is 0 Å². The normalized spacial score (nSPS) is 21.4. The lowest BCUT2D eigenvalue weighted by atomic mass is 10.0. The number of piperidine rings is 1. The number of carbonyl (C=O) groups is 1. The topological polar surface area (TPSA) is 79.8 Å². The molecular weight excluding hydrogens is 506 g/mol. The van der Waals surface area contributed by atoms with Crippen LogP contribution >= 0.6 is 22.9 Å². The smallest absolute Gasteiger partial charge is 0.260 e. The van der Waals surface area contributed by atoms with Gasteiger partial charge in [-0.05, 0) is 68.0 Å². The number of sulfonamides is 1. The number of hydrogen-bond acceptors (Lipinski definition) is 6. The molecule has 0 N–H and O–H groups in total. The summed E-state index contributed by atoms with van der Waals surface area (Å²) >= 11 is 7.73. The molecule has 2 saturated heterocycles. The van der Waals surface area contributed by atoms with Crippen molar-refractivity contribution in [1.29, 1.82) is 0 Å². The molecule has 5 rings (SSSR count). The molecule has 0 bridgehead atoms. The third-order valence-corrected chi connectivity index (χ3v) is 9.83. The maximum absolute atomic E-state index is 13.6. The Morgan fingerprint density at radius 2 is 2.00 bits per heavy atom. The predicted octanol–water partition coefficient (Wildman–Crippen LogP) is 5.20. The Morgan fingerprint density at radius 1 is 1.20 bits per heavy atom. The van der Waals surface area contributed by atoms with E-state index in [1.54, 1.807) is 27.4 Å². The van der Waals surface area contributed by atoms with Gasteiger partial charge in [-0.2, -0.15) is 4.31 Å². The highest BCUT2D eigenvalue weighted by Crippen LogP contribution is 2.34. The van der Waals surface area contributed by atoms with Gasteiger partial charge < -0.3 is 4.74 Å². The van der Waals surface area contributed by atoms with Crippen LogP contribution in [0.15, 0.2) is 47.4 Å². The number of aromatic nitrogens is 1. The number of amides is 1. The second kappa shape index (κ2) is 10.1. The first kappa shape index (κ1) is 24.6. The van der Waals surface area contributed by atoms with Crippen LogP contribution in [0.2, 0.25) is 5.02 Å². The molecule has 2 aromatic carbocycles. The molecule has 0 radical (unpaired) electrons. The molecule has 3 aromatic rings. The standard InChI is InChI=1S/C25H28ClN3O4S2/c1-17-5-3-13-28(15-17)35(31,32)20-11-9-18(10-12-20)24(30)29(16-19-6-4-14-33-19)25-27-23-21(26)7-2-8-22(23)34-25/h2,7-12,17,19H,3-6,13-16H2,1H3. The number of hydrogen-bond donors (Lipinski definition) is 0. The van der Waals surface area contributed by atoms with Crippen molar-refractivity contribution in [3.05, 3.63) is 53.1 Å². The van der Waals surface area contributed by atoms with E-state index in [0.717, 1.165) is 30.4 Å². The maximum Gasteiger partial charge on any atom is 0.260 e. The van der Waals surface area contributed by atoms with Gasteiger partial charge >= 0.3 is 0 Å². The Balaban J connectivity index is 1.43. The van der Waals surface area contributed by atoms with E-state index in [9.17, 15) is 13.2 Å². The molecule has 2 fully saturated rings. The number of benzene rings is 2. The van der Waals surface area contributed by atoms with E-state index in [2.05, 4.69) is 11.9 Å². The number of rotatable bonds is 6. The molecule has 186 valence electrons. The number of fused-ring (bicyclic) bond motifs is 1. The summed E-state index contributed by atoms with van der Waals surface area (Å²) in [6, 6.07) is 11.8. The van der Waals surface area contributed by atoms with Crippen LogP contribution in [0.3, 0.4) is 0 Å². The largest absolute Gasteiger partial charge is 0.376 e. The van der Waals surface area contributed by atoms with Gasteiger partial charge in [-0.3, -0.25) is 9.69 Å². The second-order valence-corrected chi connectivity index (χ2v) is 12.6. The maximum atomic E-state index is 13.6. The van der Waals surface area contributed by atoms with Gasteiger partial charge in [0.2, 0.25) is 10.0 Å². The van der Waals surface area contributed by atoms with Crippen LogP contribution in [-0.4, -0.2) is 56.0 Å². The molecule has 0 spiro atoms. The van der Waals surface area contributed by atoms with Gasteiger partial charge in [-0.25, -0.2) is 13.4 Å². The molecule has 0 aliphatic carbocycles. The lowest BCUT2D eigenvalue weighted by molar-refractivity contribution is 0.0917. The Hall–Kier alpha value is -2.04. The van der Waals surface area contributed by atoms with E-state index in [4.69, 9.17) is 16.3 Å². The van der Waals surface area contributed by atoms with Gasteiger partial charge in [-0.1, -0.05) is 35.9 Å². The molecule has 1 aromatic heterocycles. The summed E-state index contributed by atoms with van der Waals surface area (Å²) in [6.07, 6.45) is 3.67. The lowest BCUT2D eigenvalue weighted by Crippen LogP contribution is -2.39. The minimum absolute atomic E-state index is 0.0674. The van der Waals surface area contributed by atoms with Gasteiger partial charge in [0.15, 0.2) is 5.13 Å². The van der Waals surface area contributed by atoms with Crippen molar-refractivity contribution in [2.45, 2.75) is 43.6 Å². The fourth-order valence-electron chi connectivity index (χ4n) is 4.70. The first-order valence-electron chi connectivity index (χ1n) is 11.9. The minimum Gasteiger partial charge on any atom is -0.376 e. The highest BCUT2D eigenvalue weighted by Gasteiger charge is 2.30. The summed E-state index contributed by atoms with van der Waals surface area (Å²) in [5, 5.41) is 1.09. The summed E-state index contributed by atoms with van der Waals surface area (Å²) in [5.41, 5.74) is 1.07. The number of para-hydroxylation sites is 1. The van der Waals surface area contributed by atoms with Crippen LogP contribution in [0.1, 0.15) is 43.0 Å². The predicted molar refractivity (Wildman–Crippen MR) is 139 cm³/mol. The third kappa shape index (κ3) is 5.11. The van der Waals surface area contributed by atoms with Gasteiger partial charge in [0.25, 0.3) is 5.91 Å². The van der Waals surface area contributed by atoms with E-state index in [0.29, 0.717) is 53.4 Å². The molecular formula is C25H28ClN3O4S2. The van der Waals surface area contributed by atoms with Crippen molar-refractivity contribution in [3.8, 4) is 0 Å². The zero-order valence-electron chi connectivity index (χ0n) is 19.5. The average Bonchev–Trinajstić information content (AvgIpc) is 3.53. The summed E-state index contributed by atoms with van der Waals surface area (Å²) in [7, 11) is -3.59. The first-order chi connectivity index (χ1) is 16.8. The van der Waals surface area contributed by atoms with Gasteiger partial charge in [0.05, 0.1) is 27.3 Å². The Bertz CT molecular complexity index is 1320. The van der Waals surface area contributed by atoms with Crippen LogP contribution in [-0.2, 0) is 14.8 Å². The second-order valence-electron chi connectivity index (χ2n) is 9.27. The molecule has 35 heavy (non-hydrogen) atoms. The molecule has 7 nitrogen and oxygen atoms in total. The Morgan fingerprint density at radius 3 is 2.69 bits per heavy atom. The number of halogens is 1. The van der Waals surface area contributed by atoms with E-state index in [1.807, 2.05) is 12.1 Å². The molecule has 3 heterocycles. The minimum atomic E-state index is -3.59. The molecule has 2 aliphatic heterocycles. The zero-order chi connectivity index (χ0) is 24.6. The fourth-order valence-corrected chi connectivity index (χ4v) is 7.57. The Kier molecular flexibility index (Phi) is 7.14. The number of thiazole rings is 1. The van der Waals surface area contributed by atoms with Crippen molar-refractivity contribution in [1.82, 2.24) is 9.29 Å². The quantitative estimate of drug-likeness (QED) is 0.435. The van der Waals surface area contributed by atoms with Crippen LogP contribution in [0.5, 0.6) is 0 Å². The van der Waals surface area contributed by atoms with Gasteiger partial charge in [0, 0.05) is 25.3 Å². The Labute approximate surface area is 214 Å². The first-order valence-corrected chi connectivity index (χ1v) is 14.5. The summed E-state index contributed by atoms with van der Waals surface area (Å²) in [5.74, 6) is 0.0966. The van der Waals surface area contributed by atoms with Crippen LogP contribution in [0.25, 0.3) is 10.2 Å². The van der Waals surface area contributed by atoms with Crippen LogP contribution in [0, 0.1) is 5.92 Å². The van der Waals surface area contributed by atoms with Crippen molar-refractivity contribution >= 4 is 54.2 Å². The monoisotopic (exact) mass is 533 g/mol.